The molecule has 5 aromatic rings. The van der Waals surface area contributed by atoms with Crippen LogP contribution in [0.15, 0.2) is 71.9 Å². The molecule has 0 fully saturated rings. The van der Waals surface area contributed by atoms with Crippen LogP contribution in [0.2, 0.25) is 0 Å². The molecule has 0 aliphatic carbocycles. The lowest BCUT2D eigenvalue weighted by molar-refractivity contribution is 0.610. The van der Waals surface area contributed by atoms with Crippen LogP contribution in [-0.2, 0) is 19.4 Å². The molecule has 9 heteroatoms. The second-order valence-corrected chi connectivity index (χ2v) is 8.58. The Bertz CT molecular complexity index is 1540. The second-order valence-electron chi connectivity index (χ2n) is 8.58. The minimum absolute atomic E-state index is 0.241. The third kappa shape index (κ3) is 4.35. The summed E-state index contributed by atoms with van der Waals surface area (Å²) >= 11 is 0. The Balaban J connectivity index is 1.50. The first-order valence-corrected chi connectivity index (χ1v) is 12.0. The van der Waals surface area contributed by atoms with Crippen molar-refractivity contribution in [3.63, 3.8) is 0 Å². The molecule has 3 aromatic heterocycles. The molecule has 0 bridgehead atoms. The third-order valence-electron chi connectivity index (χ3n) is 6.29. The highest BCUT2D eigenvalue weighted by molar-refractivity contribution is 5.79. The lowest BCUT2D eigenvalue weighted by atomic mass is 10.0. The molecule has 0 atom stereocenters. The van der Waals surface area contributed by atoms with E-state index < -0.39 is 5.82 Å². The number of aryl methyl sites for hydroxylation is 2. The van der Waals surface area contributed by atoms with Gasteiger partial charge in [-0.25, -0.2) is 14.3 Å². The zero-order chi connectivity index (χ0) is 25.1. The van der Waals surface area contributed by atoms with Gasteiger partial charge in [-0.1, -0.05) is 56.7 Å². The molecule has 5 rings (SSSR count). The topological polar surface area (TPSA) is 94.3 Å². The van der Waals surface area contributed by atoms with Crippen LogP contribution in [-0.4, -0.2) is 34.7 Å². The number of imidazole rings is 1. The van der Waals surface area contributed by atoms with E-state index in [1.807, 2.05) is 43.3 Å². The van der Waals surface area contributed by atoms with Crippen molar-refractivity contribution in [1.82, 2.24) is 34.7 Å². The van der Waals surface area contributed by atoms with Crippen LogP contribution < -0.4 is 5.69 Å². The number of benzene rings is 2. The molecule has 8 nitrogen and oxygen atoms in total. The number of hydrogen-bond donors (Lipinski definition) is 1. The summed E-state index contributed by atoms with van der Waals surface area (Å²) in [4.78, 5) is 17.7. The van der Waals surface area contributed by atoms with Crippen molar-refractivity contribution in [2.24, 2.45) is 0 Å². The average Bonchev–Trinajstić information content (AvgIpc) is 3.54. The second kappa shape index (κ2) is 10.1. The fourth-order valence-electron chi connectivity index (χ4n) is 4.50. The SMILES string of the molecule is CCCc1cn(-c2c(F)cccc2CC)c(=O)n1Cc1ccc(-c2cnccc2-c2nnn[nH]2)cc1. The predicted molar refractivity (Wildman–Crippen MR) is 135 cm³/mol. The van der Waals surface area contributed by atoms with Crippen LogP contribution in [0.3, 0.4) is 0 Å². The van der Waals surface area contributed by atoms with Crippen molar-refractivity contribution in [1.29, 1.82) is 0 Å². The molecule has 0 saturated heterocycles. The molecule has 0 aliphatic rings. The van der Waals surface area contributed by atoms with Gasteiger partial charge in [0, 0.05) is 35.4 Å². The highest BCUT2D eigenvalue weighted by Gasteiger charge is 2.18. The van der Waals surface area contributed by atoms with Crippen LogP contribution in [0.5, 0.6) is 0 Å². The number of para-hydroxylation sites is 1. The maximum atomic E-state index is 14.8. The normalized spacial score (nSPS) is 11.2. The first-order valence-electron chi connectivity index (χ1n) is 12.0. The van der Waals surface area contributed by atoms with Gasteiger partial charge in [0.2, 0.25) is 0 Å². The lowest BCUT2D eigenvalue weighted by Crippen LogP contribution is -2.25. The highest BCUT2D eigenvalue weighted by Crippen LogP contribution is 2.29. The Kier molecular flexibility index (Phi) is 6.53. The van der Waals surface area contributed by atoms with E-state index in [1.165, 1.54) is 10.6 Å². The number of aromatic amines is 1. The fraction of sp³-hybridized carbons (Fsp3) is 0.222. The first kappa shape index (κ1) is 23.3. The van der Waals surface area contributed by atoms with Crippen LogP contribution in [0, 0.1) is 5.82 Å². The van der Waals surface area contributed by atoms with Gasteiger partial charge in [-0.3, -0.25) is 14.1 Å². The molecule has 0 radical (unpaired) electrons. The third-order valence-corrected chi connectivity index (χ3v) is 6.29. The predicted octanol–water partition coefficient (Wildman–Crippen LogP) is 4.58. The quantitative estimate of drug-likeness (QED) is 0.349. The number of tetrazole rings is 1. The largest absolute Gasteiger partial charge is 0.333 e. The van der Waals surface area contributed by atoms with Gasteiger partial charge >= 0.3 is 5.69 Å². The highest BCUT2D eigenvalue weighted by atomic mass is 19.1. The van der Waals surface area contributed by atoms with Gasteiger partial charge in [0.15, 0.2) is 5.82 Å². The van der Waals surface area contributed by atoms with Gasteiger partial charge in [0.1, 0.15) is 5.82 Å². The molecule has 0 aliphatic heterocycles. The smallest absolute Gasteiger partial charge is 0.292 e. The maximum absolute atomic E-state index is 14.8. The van der Waals surface area contributed by atoms with Gasteiger partial charge in [0.25, 0.3) is 0 Å². The number of rotatable bonds is 8. The first-order chi connectivity index (χ1) is 17.6. The van der Waals surface area contributed by atoms with Gasteiger partial charge < -0.3 is 0 Å². The fourth-order valence-corrected chi connectivity index (χ4v) is 4.50. The van der Waals surface area contributed by atoms with E-state index >= 15 is 0 Å². The van der Waals surface area contributed by atoms with Crippen LogP contribution >= 0.6 is 0 Å². The number of H-pyrrole nitrogens is 1. The van der Waals surface area contributed by atoms with Crippen LogP contribution in [0.4, 0.5) is 4.39 Å². The van der Waals surface area contributed by atoms with Crippen molar-refractivity contribution in [2.45, 2.75) is 39.7 Å². The van der Waals surface area contributed by atoms with E-state index in [0.717, 1.165) is 46.4 Å². The Morgan fingerprint density at radius 3 is 2.58 bits per heavy atom. The van der Waals surface area contributed by atoms with Gasteiger partial charge in [-0.15, -0.1) is 5.10 Å². The van der Waals surface area contributed by atoms with Crippen LogP contribution in [0.1, 0.15) is 37.1 Å². The van der Waals surface area contributed by atoms with E-state index in [0.29, 0.717) is 24.5 Å². The molecule has 36 heavy (non-hydrogen) atoms. The molecule has 0 amide bonds. The van der Waals surface area contributed by atoms with Crippen molar-refractivity contribution in [2.75, 3.05) is 0 Å². The van der Waals surface area contributed by atoms with E-state index in [1.54, 1.807) is 29.2 Å². The Morgan fingerprint density at radius 1 is 1.03 bits per heavy atom. The number of nitrogens with zero attached hydrogens (tertiary/aromatic N) is 6. The molecule has 1 N–H and O–H groups in total. The monoisotopic (exact) mass is 483 g/mol. The summed E-state index contributed by atoms with van der Waals surface area (Å²) in [7, 11) is 0. The van der Waals surface area contributed by atoms with E-state index in [-0.39, 0.29) is 5.69 Å². The molecule has 3 heterocycles. The number of halogens is 1. The zero-order valence-corrected chi connectivity index (χ0v) is 20.1. The van der Waals surface area contributed by atoms with Gasteiger partial charge in [0.05, 0.1) is 12.2 Å². The van der Waals surface area contributed by atoms with E-state index in [2.05, 4.69) is 32.5 Å². The van der Waals surface area contributed by atoms with Crippen LogP contribution in [0.25, 0.3) is 28.2 Å². The summed E-state index contributed by atoms with van der Waals surface area (Å²) in [6, 6.07) is 14.8. The summed E-state index contributed by atoms with van der Waals surface area (Å²) in [6.45, 7) is 4.42. The standard InChI is InChI=1S/C27H26FN7O/c1-3-6-21-17-35(25-19(4-2)7-5-8-24(25)28)27(36)34(21)16-18-9-11-20(12-10-18)23-15-29-14-13-22(23)26-30-32-33-31-26/h5,7-15,17H,3-4,6,16H2,1-2H3,(H,30,31,32,33). The van der Waals surface area contributed by atoms with Crippen molar-refractivity contribution in [3.05, 3.63) is 100 Å². The van der Waals surface area contributed by atoms with Gasteiger partial charge in [-0.2, -0.15) is 0 Å². The summed E-state index contributed by atoms with van der Waals surface area (Å²) in [5.41, 5.74) is 5.43. The minimum atomic E-state index is -0.393. The number of aromatic nitrogens is 7. The van der Waals surface area contributed by atoms with Crippen molar-refractivity contribution >= 4 is 0 Å². The Labute approximate surface area is 207 Å². The van der Waals surface area contributed by atoms with Crippen molar-refractivity contribution < 1.29 is 4.39 Å². The van der Waals surface area contributed by atoms with Gasteiger partial charge in [-0.05, 0) is 52.1 Å². The Hall–Kier alpha value is -4.40. The summed E-state index contributed by atoms with van der Waals surface area (Å²) in [5, 5.41) is 14.1. The van der Waals surface area contributed by atoms with E-state index in [9.17, 15) is 9.18 Å². The number of pyridine rings is 1. The molecular weight excluding hydrogens is 457 g/mol. The number of nitrogens with one attached hydrogen (secondary N) is 1. The maximum Gasteiger partial charge on any atom is 0.333 e. The molecular formula is C27H26FN7O. The van der Waals surface area contributed by atoms with E-state index in [4.69, 9.17) is 0 Å². The lowest BCUT2D eigenvalue weighted by Gasteiger charge is -2.10. The zero-order valence-electron chi connectivity index (χ0n) is 20.1. The average molecular weight is 484 g/mol. The summed E-state index contributed by atoms with van der Waals surface area (Å²) < 4.78 is 18.0. The molecule has 2 aromatic carbocycles. The molecule has 0 unspecified atom stereocenters. The molecule has 182 valence electrons. The van der Waals surface area contributed by atoms with Crippen molar-refractivity contribution in [3.8, 4) is 28.2 Å². The molecule has 0 spiro atoms. The summed E-state index contributed by atoms with van der Waals surface area (Å²) in [6.07, 6.45) is 7.49. The summed E-state index contributed by atoms with van der Waals surface area (Å²) in [5.74, 6) is 0.170. The Morgan fingerprint density at radius 2 is 1.86 bits per heavy atom. The molecule has 0 saturated carbocycles. The number of hydrogen-bond acceptors (Lipinski definition) is 5. The minimum Gasteiger partial charge on any atom is -0.292 e.